The minimum absolute atomic E-state index is 0.0900. The zero-order chi connectivity index (χ0) is 15.9. The van der Waals surface area contributed by atoms with Gasteiger partial charge in [0.05, 0.1) is 0 Å². The molecule has 2 aromatic rings. The van der Waals surface area contributed by atoms with Gasteiger partial charge in [-0.1, -0.05) is 34.1 Å². The summed E-state index contributed by atoms with van der Waals surface area (Å²) >= 11 is 3.19. The first-order valence-corrected chi connectivity index (χ1v) is 7.15. The van der Waals surface area contributed by atoms with Crippen molar-refractivity contribution in [2.75, 3.05) is 6.61 Å². The van der Waals surface area contributed by atoms with E-state index in [4.69, 9.17) is 0 Å². The molecule has 0 saturated heterocycles. The van der Waals surface area contributed by atoms with Crippen LogP contribution in [0.25, 0.3) is 11.1 Å². The molecule has 22 heavy (non-hydrogen) atoms. The third-order valence-electron chi connectivity index (χ3n) is 3.57. The fourth-order valence-corrected chi connectivity index (χ4v) is 2.92. The molecule has 112 valence electrons. The van der Waals surface area contributed by atoms with Crippen LogP contribution in [0.15, 0.2) is 40.9 Å². The molecule has 3 rings (SSSR count). The molecule has 0 radical (unpaired) electrons. The smallest absolute Gasteiger partial charge is 0.299 e. The minimum Gasteiger partial charge on any atom is -0.459 e. The highest BCUT2D eigenvalue weighted by molar-refractivity contribution is 9.10. The van der Waals surface area contributed by atoms with E-state index in [0.29, 0.717) is 15.6 Å². The Morgan fingerprint density at radius 1 is 1.14 bits per heavy atom. The molecule has 0 aromatic heterocycles. The van der Waals surface area contributed by atoms with E-state index in [1.54, 1.807) is 12.1 Å². The first kappa shape index (κ1) is 14.8. The van der Waals surface area contributed by atoms with Crippen molar-refractivity contribution in [2.24, 2.45) is 0 Å². The van der Waals surface area contributed by atoms with E-state index in [-0.39, 0.29) is 23.2 Å². The average molecular weight is 367 g/mol. The van der Waals surface area contributed by atoms with Gasteiger partial charge in [0.2, 0.25) is 0 Å². The van der Waals surface area contributed by atoms with E-state index in [2.05, 4.69) is 20.7 Å². The molecule has 0 bridgehead atoms. The summed E-state index contributed by atoms with van der Waals surface area (Å²) in [6.07, 6.45) is 0. The van der Waals surface area contributed by atoms with Gasteiger partial charge in [0, 0.05) is 21.2 Å². The second-order valence-electron chi connectivity index (χ2n) is 4.86. The van der Waals surface area contributed by atoms with Gasteiger partial charge >= 0.3 is 0 Å². The first-order valence-electron chi connectivity index (χ1n) is 6.36. The van der Waals surface area contributed by atoms with Crippen LogP contribution in [0.3, 0.4) is 0 Å². The van der Waals surface area contributed by atoms with Crippen molar-refractivity contribution >= 4 is 28.2 Å². The van der Waals surface area contributed by atoms with E-state index in [1.165, 1.54) is 24.3 Å². The predicted molar refractivity (Wildman–Crippen MR) is 78.9 cm³/mol. The third-order valence-corrected chi connectivity index (χ3v) is 4.07. The molecule has 1 aliphatic carbocycles. The van der Waals surface area contributed by atoms with Crippen LogP contribution in [-0.4, -0.2) is 18.9 Å². The van der Waals surface area contributed by atoms with Gasteiger partial charge in [-0.25, -0.2) is 0 Å². The van der Waals surface area contributed by atoms with Crippen LogP contribution in [0.4, 0.5) is 8.78 Å². The van der Waals surface area contributed by atoms with Crippen molar-refractivity contribution in [3.63, 3.8) is 0 Å². The molecule has 0 aliphatic heterocycles. The normalized spacial score (nSPS) is 14.1. The van der Waals surface area contributed by atoms with Crippen LogP contribution in [0.2, 0.25) is 0 Å². The number of ether oxygens (including phenoxy) is 1. The Hall–Kier alpha value is -2.08. The summed E-state index contributed by atoms with van der Waals surface area (Å²) in [4.78, 5) is 21.9. The lowest BCUT2D eigenvalue weighted by Gasteiger charge is -2.13. The van der Waals surface area contributed by atoms with Crippen molar-refractivity contribution in [2.45, 2.75) is 5.92 Å². The number of fused-ring (bicyclic) bond motifs is 3. The van der Waals surface area contributed by atoms with E-state index in [9.17, 15) is 18.4 Å². The van der Waals surface area contributed by atoms with Crippen LogP contribution in [0, 0.1) is 0 Å². The molecule has 0 unspecified atom stereocenters. The van der Waals surface area contributed by atoms with E-state index >= 15 is 0 Å². The maximum Gasteiger partial charge on any atom is 0.299 e. The first-order chi connectivity index (χ1) is 10.4. The van der Waals surface area contributed by atoms with Crippen LogP contribution in [0.1, 0.15) is 21.5 Å². The third kappa shape index (κ3) is 2.23. The fraction of sp³-hybridized carbons (Fsp3) is 0.125. The van der Waals surface area contributed by atoms with Crippen LogP contribution in [0.5, 0.6) is 0 Å². The number of Topliss-reactive ketones (excluding diaryl/α,β-unsaturated/α-hetero) is 1. The van der Waals surface area contributed by atoms with Crippen molar-refractivity contribution in [3.8, 4) is 11.1 Å². The number of halogens is 3. The number of hydrogen-bond donors (Lipinski definition) is 0. The second-order valence-corrected chi connectivity index (χ2v) is 5.77. The standard InChI is InChI=1S/C16H9BrF2O3/c17-10-2-4-12-11-3-1-9(15(21)7-22-8-20)5-13(11)16(18,19)14(12)6-10/h1-6,8H,7H2. The lowest BCUT2D eigenvalue weighted by molar-refractivity contribution is -0.127. The highest BCUT2D eigenvalue weighted by atomic mass is 79.9. The number of rotatable bonds is 4. The van der Waals surface area contributed by atoms with Crippen molar-refractivity contribution in [1.29, 1.82) is 0 Å². The molecule has 3 nitrogen and oxygen atoms in total. The van der Waals surface area contributed by atoms with Crippen LogP contribution >= 0.6 is 15.9 Å². The number of benzene rings is 2. The minimum atomic E-state index is -3.17. The fourth-order valence-electron chi connectivity index (χ4n) is 2.56. The second kappa shape index (κ2) is 5.28. The van der Waals surface area contributed by atoms with E-state index < -0.39 is 18.3 Å². The molecule has 0 spiro atoms. The Bertz CT molecular complexity index is 787. The molecule has 0 N–H and O–H groups in total. The number of alkyl halides is 2. The van der Waals surface area contributed by atoms with Crippen LogP contribution in [-0.2, 0) is 15.5 Å². The molecular formula is C16H9BrF2O3. The van der Waals surface area contributed by atoms with Crippen LogP contribution < -0.4 is 0 Å². The zero-order valence-electron chi connectivity index (χ0n) is 11.1. The summed E-state index contributed by atoms with van der Waals surface area (Å²) < 4.78 is 34.1. The SMILES string of the molecule is O=COCC(=O)c1ccc2c(c1)C(F)(F)c1cc(Br)ccc1-2. The average Bonchev–Trinajstić information content (AvgIpc) is 2.72. The quantitative estimate of drug-likeness (QED) is 0.608. The summed E-state index contributed by atoms with van der Waals surface area (Å²) in [5.41, 5.74) is 0.641. The monoisotopic (exact) mass is 366 g/mol. The lowest BCUT2D eigenvalue weighted by atomic mass is 10.0. The number of ketones is 1. The van der Waals surface area contributed by atoms with Gasteiger partial charge in [-0.2, -0.15) is 8.78 Å². The molecule has 0 amide bonds. The van der Waals surface area contributed by atoms with Gasteiger partial charge in [-0.15, -0.1) is 0 Å². The van der Waals surface area contributed by atoms with Gasteiger partial charge in [-0.05, 0) is 29.3 Å². The van der Waals surface area contributed by atoms with Gasteiger partial charge in [-0.3, -0.25) is 9.59 Å². The topological polar surface area (TPSA) is 43.4 Å². The Morgan fingerprint density at radius 2 is 1.77 bits per heavy atom. The maximum absolute atomic E-state index is 14.6. The Labute approximate surface area is 133 Å². The molecule has 6 heteroatoms. The number of hydrogen-bond acceptors (Lipinski definition) is 3. The molecule has 0 saturated carbocycles. The maximum atomic E-state index is 14.6. The highest BCUT2D eigenvalue weighted by Gasteiger charge is 2.44. The van der Waals surface area contributed by atoms with Crippen molar-refractivity contribution in [3.05, 3.63) is 57.6 Å². The number of carbonyl (C=O) groups is 2. The van der Waals surface area contributed by atoms with E-state index in [0.717, 1.165) is 0 Å². The Morgan fingerprint density at radius 3 is 2.45 bits per heavy atom. The molecule has 1 aliphatic rings. The van der Waals surface area contributed by atoms with Gasteiger partial charge in [0.15, 0.2) is 12.4 Å². The van der Waals surface area contributed by atoms with Gasteiger partial charge < -0.3 is 4.74 Å². The van der Waals surface area contributed by atoms with Gasteiger partial charge in [0.25, 0.3) is 12.4 Å². The van der Waals surface area contributed by atoms with Gasteiger partial charge in [0.1, 0.15) is 0 Å². The summed E-state index contributed by atoms with van der Waals surface area (Å²) in [5, 5.41) is 0. The van der Waals surface area contributed by atoms with Crippen molar-refractivity contribution < 1.29 is 23.1 Å². The molecular weight excluding hydrogens is 358 g/mol. The molecule has 0 fully saturated rings. The summed E-state index contributed by atoms with van der Waals surface area (Å²) in [6, 6.07) is 8.82. The number of carbonyl (C=O) groups excluding carboxylic acids is 2. The molecule has 2 aromatic carbocycles. The largest absolute Gasteiger partial charge is 0.459 e. The highest BCUT2D eigenvalue weighted by Crippen LogP contribution is 2.51. The summed E-state index contributed by atoms with van der Waals surface area (Å²) in [7, 11) is 0. The molecule has 0 atom stereocenters. The Kier molecular flexibility index (Phi) is 3.56. The molecule has 0 heterocycles. The summed E-state index contributed by atoms with van der Waals surface area (Å²) in [6.45, 7) is -0.320. The zero-order valence-corrected chi connectivity index (χ0v) is 12.7. The van der Waals surface area contributed by atoms with E-state index in [1.807, 2.05) is 0 Å². The summed E-state index contributed by atoms with van der Waals surface area (Å²) in [5.74, 6) is -3.70. The Balaban J connectivity index is 2.09. The predicted octanol–water partition coefficient (Wildman–Crippen LogP) is 3.93. The lowest BCUT2D eigenvalue weighted by Crippen LogP contribution is -2.13. The van der Waals surface area contributed by atoms with Crippen molar-refractivity contribution in [1.82, 2.24) is 0 Å².